The number of para-hydroxylation sites is 1. The lowest BCUT2D eigenvalue weighted by molar-refractivity contribution is 0.297. The van der Waals surface area contributed by atoms with Crippen LogP contribution in [-0.2, 0) is 13.2 Å². The molecule has 1 aromatic heterocycles. The standard InChI is InChI=1S/C15H20N2OS/c1-11(2)13-6-4-5-7-14(13)18-9-12-10-19-15(17-12)8-16-3/h4-7,10-11,16H,8-9H2,1-3H3. The van der Waals surface area contributed by atoms with Crippen molar-refractivity contribution in [2.75, 3.05) is 7.05 Å². The lowest BCUT2D eigenvalue weighted by Crippen LogP contribution is -2.05. The monoisotopic (exact) mass is 276 g/mol. The van der Waals surface area contributed by atoms with E-state index in [9.17, 15) is 0 Å². The second kappa shape index (κ2) is 6.68. The Hall–Kier alpha value is -1.39. The largest absolute Gasteiger partial charge is 0.487 e. The molecule has 0 unspecified atom stereocenters. The van der Waals surface area contributed by atoms with Gasteiger partial charge in [0.05, 0.1) is 5.69 Å². The summed E-state index contributed by atoms with van der Waals surface area (Å²) in [5.41, 5.74) is 2.24. The molecule has 2 aromatic rings. The van der Waals surface area contributed by atoms with Crippen molar-refractivity contribution < 1.29 is 4.74 Å². The third-order valence-corrected chi connectivity index (χ3v) is 3.74. The van der Waals surface area contributed by atoms with Crippen LogP contribution in [0.5, 0.6) is 5.75 Å². The third-order valence-electron chi connectivity index (χ3n) is 2.84. The Labute approximate surface area is 118 Å². The van der Waals surface area contributed by atoms with Crippen molar-refractivity contribution >= 4 is 11.3 Å². The molecule has 1 aromatic carbocycles. The molecule has 19 heavy (non-hydrogen) atoms. The molecule has 0 aliphatic carbocycles. The number of ether oxygens (including phenoxy) is 1. The zero-order valence-corrected chi connectivity index (χ0v) is 12.5. The van der Waals surface area contributed by atoms with Crippen molar-refractivity contribution in [2.45, 2.75) is 32.9 Å². The van der Waals surface area contributed by atoms with Gasteiger partial charge in [-0.05, 0) is 24.6 Å². The van der Waals surface area contributed by atoms with Gasteiger partial charge in [0.1, 0.15) is 17.4 Å². The lowest BCUT2D eigenvalue weighted by Gasteiger charge is -2.12. The molecule has 0 saturated heterocycles. The number of benzene rings is 1. The fourth-order valence-electron chi connectivity index (χ4n) is 1.89. The van der Waals surface area contributed by atoms with Crippen LogP contribution in [0.3, 0.4) is 0 Å². The van der Waals surface area contributed by atoms with Gasteiger partial charge in [0.25, 0.3) is 0 Å². The summed E-state index contributed by atoms with van der Waals surface area (Å²) in [7, 11) is 1.93. The number of hydrogen-bond acceptors (Lipinski definition) is 4. The molecule has 0 radical (unpaired) electrons. The van der Waals surface area contributed by atoms with E-state index >= 15 is 0 Å². The molecule has 0 fully saturated rings. The summed E-state index contributed by atoms with van der Waals surface area (Å²) in [6.07, 6.45) is 0. The number of rotatable bonds is 6. The first-order valence-electron chi connectivity index (χ1n) is 6.50. The van der Waals surface area contributed by atoms with Crippen LogP contribution in [0.4, 0.5) is 0 Å². The van der Waals surface area contributed by atoms with Crippen molar-refractivity contribution in [2.24, 2.45) is 0 Å². The van der Waals surface area contributed by atoms with E-state index in [-0.39, 0.29) is 0 Å². The summed E-state index contributed by atoms with van der Waals surface area (Å²) < 4.78 is 5.90. The van der Waals surface area contributed by atoms with E-state index in [1.807, 2.05) is 19.2 Å². The van der Waals surface area contributed by atoms with Crippen molar-refractivity contribution in [1.82, 2.24) is 10.3 Å². The number of thiazole rings is 1. The summed E-state index contributed by atoms with van der Waals surface area (Å²) in [5, 5.41) is 6.26. The normalized spacial score (nSPS) is 10.9. The number of nitrogens with one attached hydrogen (secondary N) is 1. The summed E-state index contributed by atoms with van der Waals surface area (Å²) in [4.78, 5) is 4.52. The first kappa shape index (κ1) is 14.0. The van der Waals surface area contributed by atoms with E-state index in [1.165, 1.54) is 5.56 Å². The molecule has 4 heteroatoms. The zero-order valence-electron chi connectivity index (χ0n) is 11.6. The quantitative estimate of drug-likeness (QED) is 0.876. The van der Waals surface area contributed by atoms with E-state index in [2.05, 4.69) is 41.7 Å². The number of nitrogens with zero attached hydrogens (tertiary/aromatic N) is 1. The highest BCUT2D eigenvalue weighted by molar-refractivity contribution is 7.09. The van der Waals surface area contributed by atoms with Gasteiger partial charge in [0.2, 0.25) is 0 Å². The maximum atomic E-state index is 5.90. The summed E-state index contributed by atoms with van der Waals surface area (Å²) >= 11 is 1.67. The summed E-state index contributed by atoms with van der Waals surface area (Å²) in [6, 6.07) is 8.20. The van der Waals surface area contributed by atoms with Gasteiger partial charge in [-0.15, -0.1) is 11.3 Å². The molecule has 0 saturated carbocycles. The second-order valence-corrected chi connectivity index (χ2v) is 5.69. The van der Waals surface area contributed by atoms with Crippen molar-refractivity contribution in [1.29, 1.82) is 0 Å². The molecule has 102 valence electrons. The molecule has 0 spiro atoms. The lowest BCUT2D eigenvalue weighted by atomic mass is 10.0. The molecule has 0 amide bonds. The van der Waals surface area contributed by atoms with Crippen molar-refractivity contribution in [3.05, 3.63) is 45.9 Å². The molecule has 0 bridgehead atoms. The van der Waals surface area contributed by atoms with E-state index in [1.54, 1.807) is 11.3 Å². The van der Waals surface area contributed by atoms with Gasteiger partial charge in [-0.3, -0.25) is 0 Å². The first-order chi connectivity index (χ1) is 9.20. The Kier molecular flexibility index (Phi) is 4.93. The highest BCUT2D eigenvalue weighted by Crippen LogP contribution is 2.26. The van der Waals surface area contributed by atoms with Gasteiger partial charge < -0.3 is 10.1 Å². The molecule has 1 heterocycles. The van der Waals surface area contributed by atoms with Crippen LogP contribution in [0.15, 0.2) is 29.6 Å². The molecule has 3 nitrogen and oxygen atoms in total. The van der Waals surface area contributed by atoms with Crippen LogP contribution in [0.1, 0.15) is 36.0 Å². The van der Waals surface area contributed by atoms with Gasteiger partial charge in [0, 0.05) is 11.9 Å². The van der Waals surface area contributed by atoms with Gasteiger partial charge >= 0.3 is 0 Å². The molecule has 0 aliphatic rings. The first-order valence-corrected chi connectivity index (χ1v) is 7.38. The predicted molar refractivity (Wildman–Crippen MR) is 79.7 cm³/mol. The minimum atomic E-state index is 0.464. The predicted octanol–water partition coefficient (Wildman–Crippen LogP) is 3.56. The maximum Gasteiger partial charge on any atom is 0.131 e. The number of aromatic nitrogens is 1. The van der Waals surface area contributed by atoms with Gasteiger partial charge in [-0.2, -0.15) is 0 Å². The summed E-state index contributed by atoms with van der Waals surface area (Å²) in [5.74, 6) is 1.42. The Balaban J connectivity index is 2.01. The van der Waals surface area contributed by atoms with Crippen LogP contribution >= 0.6 is 11.3 Å². The Morgan fingerprint density at radius 3 is 2.84 bits per heavy atom. The smallest absolute Gasteiger partial charge is 0.131 e. The molecular weight excluding hydrogens is 256 g/mol. The van der Waals surface area contributed by atoms with Gasteiger partial charge in [-0.1, -0.05) is 32.0 Å². The van der Waals surface area contributed by atoms with Crippen LogP contribution in [0, 0.1) is 0 Å². The molecule has 2 rings (SSSR count). The average molecular weight is 276 g/mol. The minimum absolute atomic E-state index is 0.464. The van der Waals surface area contributed by atoms with Crippen LogP contribution in [-0.4, -0.2) is 12.0 Å². The van der Waals surface area contributed by atoms with Crippen molar-refractivity contribution in [3.8, 4) is 5.75 Å². The fourth-order valence-corrected chi connectivity index (χ4v) is 2.68. The highest BCUT2D eigenvalue weighted by Gasteiger charge is 2.08. The van der Waals surface area contributed by atoms with E-state index in [0.29, 0.717) is 12.5 Å². The van der Waals surface area contributed by atoms with E-state index < -0.39 is 0 Å². The Morgan fingerprint density at radius 1 is 1.32 bits per heavy atom. The van der Waals surface area contributed by atoms with Crippen molar-refractivity contribution in [3.63, 3.8) is 0 Å². The van der Waals surface area contributed by atoms with Crippen LogP contribution in [0.2, 0.25) is 0 Å². The summed E-state index contributed by atoms with van der Waals surface area (Å²) in [6.45, 7) is 5.70. The molecule has 0 aliphatic heterocycles. The zero-order chi connectivity index (χ0) is 13.7. The van der Waals surface area contributed by atoms with E-state index in [4.69, 9.17) is 4.74 Å². The minimum Gasteiger partial charge on any atom is -0.487 e. The third kappa shape index (κ3) is 3.78. The fraction of sp³-hybridized carbons (Fsp3) is 0.400. The highest BCUT2D eigenvalue weighted by atomic mass is 32.1. The molecule has 1 N–H and O–H groups in total. The Morgan fingerprint density at radius 2 is 2.11 bits per heavy atom. The SMILES string of the molecule is CNCc1nc(COc2ccccc2C(C)C)cs1. The van der Waals surface area contributed by atoms with E-state index in [0.717, 1.165) is 23.0 Å². The Bertz CT molecular complexity index is 522. The van der Waals surface area contributed by atoms with Crippen LogP contribution in [0.25, 0.3) is 0 Å². The molecular formula is C15H20N2OS. The topological polar surface area (TPSA) is 34.2 Å². The second-order valence-electron chi connectivity index (χ2n) is 4.74. The average Bonchev–Trinajstić information content (AvgIpc) is 2.85. The van der Waals surface area contributed by atoms with Crippen LogP contribution < -0.4 is 10.1 Å². The number of hydrogen-bond donors (Lipinski definition) is 1. The molecule has 0 atom stereocenters. The maximum absolute atomic E-state index is 5.90. The van der Waals surface area contributed by atoms with Gasteiger partial charge in [-0.25, -0.2) is 4.98 Å². The van der Waals surface area contributed by atoms with Gasteiger partial charge in [0.15, 0.2) is 0 Å².